The molecule has 3 amide bonds. The van der Waals surface area contributed by atoms with E-state index in [0.29, 0.717) is 13.0 Å². The van der Waals surface area contributed by atoms with Crippen molar-refractivity contribution in [3.8, 4) is 0 Å². The van der Waals surface area contributed by atoms with Gasteiger partial charge in [0.1, 0.15) is 5.54 Å². The highest BCUT2D eigenvalue weighted by Crippen LogP contribution is 2.50. The van der Waals surface area contributed by atoms with Gasteiger partial charge in [-0.1, -0.05) is 46.5 Å². The summed E-state index contributed by atoms with van der Waals surface area (Å²) in [5, 5.41) is 7.15. The van der Waals surface area contributed by atoms with Crippen LogP contribution in [0.15, 0.2) is 0 Å². The lowest BCUT2D eigenvalue weighted by Gasteiger charge is -2.59. The minimum atomic E-state index is -0.738. The molecule has 3 aliphatic rings. The van der Waals surface area contributed by atoms with Gasteiger partial charge < -0.3 is 10.6 Å². The second-order valence-electron chi connectivity index (χ2n) is 8.87. The Kier molecular flexibility index (Phi) is 4.91. The zero-order valence-corrected chi connectivity index (χ0v) is 16.4. The molecule has 1 aliphatic carbocycles. The highest BCUT2D eigenvalue weighted by molar-refractivity contribution is 6.07. The summed E-state index contributed by atoms with van der Waals surface area (Å²) in [7, 11) is 0. The fraction of sp³-hybridized carbons (Fsp3) is 0.900. The molecule has 2 aliphatic heterocycles. The van der Waals surface area contributed by atoms with Crippen LogP contribution in [0.1, 0.15) is 85.5 Å². The molecular weight excluding hydrogens is 314 g/mol. The van der Waals surface area contributed by atoms with Crippen LogP contribution in [-0.2, 0) is 4.79 Å². The fourth-order valence-corrected chi connectivity index (χ4v) is 5.53. The molecule has 2 N–H and O–H groups in total. The number of hydrogen-bond donors (Lipinski definition) is 2. The number of hydrogen-bond acceptors (Lipinski definition) is 3. The third-order valence-electron chi connectivity index (χ3n) is 7.25. The summed E-state index contributed by atoms with van der Waals surface area (Å²) in [6.45, 7) is 9.23. The molecule has 0 bridgehead atoms. The number of piperidine rings is 1. The van der Waals surface area contributed by atoms with E-state index in [9.17, 15) is 9.59 Å². The molecule has 0 radical (unpaired) electrons. The fourth-order valence-electron chi connectivity index (χ4n) is 5.53. The van der Waals surface area contributed by atoms with Crippen LogP contribution in [0.2, 0.25) is 0 Å². The molecule has 2 saturated heterocycles. The Morgan fingerprint density at radius 3 is 2.44 bits per heavy atom. The maximum absolute atomic E-state index is 13.5. The summed E-state index contributed by atoms with van der Waals surface area (Å²) in [6.07, 6.45) is 9.38. The number of amides is 3. The molecule has 0 aromatic rings. The summed E-state index contributed by atoms with van der Waals surface area (Å²) in [4.78, 5) is 27.6. The third-order valence-corrected chi connectivity index (χ3v) is 7.25. The van der Waals surface area contributed by atoms with E-state index in [-0.39, 0.29) is 28.9 Å². The first-order valence-electron chi connectivity index (χ1n) is 10.3. The van der Waals surface area contributed by atoms with Gasteiger partial charge in [0.2, 0.25) is 0 Å². The summed E-state index contributed by atoms with van der Waals surface area (Å²) >= 11 is 0. The molecule has 3 atom stereocenters. The molecule has 3 unspecified atom stereocenters. The lowest BCUT2D eigenvalue weighted by molar-refractivity contribution is -0.139. The van der Waals surface area contributed by atoms with Crippen molar-refractivity contribution in [2.24, 2.45) is 5.92 Å². The smallest absolute Gasteiger partial charge is 0.323 e. The molecule has 2 spiro atoms. The van der Waals surface area contributed by atoms with Gasteiger partial charge in [-0.05, 0) is 39.0 Å². The molecule has 142 valence electrons. The van der Waals surface area contributed by atoms with Crippen LogP contribution in [0.3, 0.4) is 0 Å². The van der Waals surface area contributed by atoms with E-state index in [1.165, 1.54) is 24.2 Å². The molecule has 3 rings (SSSR count). The Balaban J connectivity index is 1.98. The van der Waals surface area contributed by atoms with E-state index in [1.54, 1.807) is 0 Å². The number of rotatable bonds is 4. The summed E-state index contributed by atoms with van der Waals surface area (Å²) in [6, 6.07) is -0.184. The van der Waals surface area contributed by atoms with E-state index in [0.717, 1.165) is 32.1 Å². The average molecular weight is 350 g/mol. The zero-order valence-electron chi connectivity index (χ0n) is 16.4. The van der Waals surface area contributed by atoms with Gasteiger partial charge in [-0.25, -0.2) is 4.79 Å². The van der Waals surface area contributed by atoms with E-state index < -0.39 is 5.54 Å². The highest BCUT2D eigenvalue weighted by atomic mass is 16.2. The second-order valence-corrected chi connectivity index (χ2v) is 8.87. The van der Waals surface area contributed by atoms with Crippen molar-refractivity contribution < 1.29 is 9.59 Å². The van der Waals surface area contributed by atoms with Crippen molar-refractivity contribution >= 4 is 11.9 Å². The number of carbonyl (C=O) groups excluding carboxylic acids is 2. The van der Waals surface area contributed by atoms with Gasteiger partial charge in [-0.15, -0.1) is 0 Å². The van der Waals surface area contributed by atoms with Gasteiger partial charge in [0.15, 0.2) is 0 Å². The van der Waals surface area contributed by atoms with E-state index in [1.807, 2.05) is 0 Å². The maximum Gasteiger partial charge on any atom is 0.325 e. The molecule has 1 saturated carbocycles. The van der Waals surface area contributed by atoms with Gasteiger partial charge in [0, 0.05) is 23.5 Å². The normalized spacial score (nSPS) is 37.8. The zero-order chi connectivity index (χ0) is 18.3. The summed E-state index contributed by atoms with van der Waals surface area (Å²) in [5.74, 6) is 0.132. The topological polar surface area (TPSA) is 61.4 Å². The molecule has 0 aromatic heterocycles. The second kappa shape index (κ2) is 6.57. The molecule has 25 heavy (non-hydrogen) atoms. The quantitative estimate of drug-likeness (QED) is 0.763. The monoisotopic (exact) mass is 349 g/mol. The van der Waals surface area contributed by atoms with Crippen LogP contribution in [0.4, 0.5) is 4.79 Å². The van der Waals surface area contributed by atoms with Crippen LogP contribution in [0.5, 0.6) is 0 Å². The van der Waals surface area contributed by atoms with Gasteiger partial charge in [0.25, 0.3) is 5.91 Å². The van der Waals surface area contributed by atoms with E-state index in [2.05, 4.69) is 38.3 Å². The van der Waals surface area contributed by atoms with Crippen LogP contribution < -0.4 is 10.6 Å². The summed E-state index contributed by atoms with van der Waals surface area (Å²) < 4.78 is 0. The third kappa shape index (κ3) is 2.88. The van der Waals surface area contributed by atoms with Crippen molar-refractivity contribution in [1.82, 2.24) is 15.5 Å². The van der Waals surface area contributed by atoms with Crippen molar-refractivity contribution in [3.05, 3.63) is 0 Å². The van der Waals surface area contributed by atoms with Crippen LogP contribution >= 0.6 is 0 Å². The SMILES string of the molecule is CCCCN1C(=O)NC2(CC(C)(CC)NC3(CCCCC3)C2C)C1=O. The van der Waals surface area contributed by atoms with Crippen LogP contribution in [0, 0.1) is 5.92 Å². The molecule has 3 fully saturated rings. The Morgan fingerprint density at radius 2 is 1.84 bits per heavy atom. The van der Waals surface area contributed by atoms with E-state index in [4.69, 9.17) is 0 Å². The Morgan fingerprint density at radius 1 is 1.16 bits per heavy atom. The van der Waals surface area contributed by atoms with E-state index >= 15 is 0 Å². The number of urea groups is 1. The average Bonchev–Trinajstić information content (AvgIpc) is 2.82. The minimum Gasteiger partial charge on any atom is -0.323 e. The highest BCUT2D eigenvalue weighted by Gasteiger charge is 2.65. The first-order valence-corrected chi connectivity index (χ1v) is 10.3. The lowest BCUT2D eigenvalue weighted by atomic mass is 9.58. The van der Waals surface area contributed by atoms with Crippen molar-refractivity contribution in [1.29, 1.82) is 0 Å². The molecular formula is C20H35N3O2. The number of unbranched alkanes of at least 4 members (excludes halogenated alkanes) is 1. The van der Waals surface area contributed by atoms with Gasteiger partial charge in [-0.2, -0.15) is 0 Å². The number of carbonyl (C=O) groups is 2. The van der Waals surface area contributed by atoms with Gasteiger partial charge in [0.05, 0.1) is 0 Å². The van der Waals surface area contributed by atoms with Gasteiger partial charge in [-0.3, -0.25) is 9.69 Å². The molecule has 0 aromatic carbocycles. The first kappa shape index (κ1) is 18.7. The van der Waals surface area contributed by atoms with Crippen LogP contribution in [0.25, 0.3) is 0 Å². The van der Waals surface area contributed by atoms with Crippen LogP contribution in [-0.4, -0.2) is 40.0 Å². The van der Waals surface area contributed by atoms with Gasteiger partial charge >= 0.3 is 6.03 Å². The Hall–Kier alpha value is -1.10. The molecule has 5 nitrogen and oxygen atoms in total. The van der Waals surface area contributed by atoms with Crippen molar-refractivity contribution in [2.45, 2.75) is 102 Å². The van der Waals surface area contributed by atoms with Crippen molar-refractivity contribution in [2.75, 3.05) is 6.54 Å². The predicted octanol–water partition coefficient (Wildman–Crippen LogP) is 3.58. The Labute approximate surface area is 152 Å². The number of nitrogens with zero attached hydrogens (tertiary/aromatic N) is 1. The molecule has 5 heteroatoms. The minimum absolute atomic E-state index is 0.0181. The molecule has 2 heterocycles. The summed E-state index contributed by atoms with van der Waals surface area (Å²) in [5.41, 5.74) is -0.892. The lowest BCUT2D eigenvalue weighted by Crippen LogP contribution is -2.75. The number of imide groups is 1. The van der Waals surface area contributed by atoms with Crippen molar-refractivity contribution in [3.63, 3.8) is 0 Å². The number of nitrogens with one attached hydrogen (secondary N) is 2. The predicted molar refractivity (Wildman–Crippen MR) is 99.3 cm³/mol. The maximum atomic E-state index is 13.5. The Bertz CT molecular complexity index is 543. The largest absolute Gasteiger partial charge is 0.325 e. The first-order chi connectivity index (χ1) is 11.8. The standard InChI is InChI=1S/C20H35N3O2/c1-5-7-13-23-16(24)20(21-17(23)25)14-18(4,6-2)22-19(15(20)3)11-9-8-10-12-19/h15,22H,5-14H2,1-4H3,(H,21,25).